The Kier molecular flexibility index (Phi) is 6.89. The lowest BCUT2D eigenvalue weighted by atomic mass is 9.70. The molecular weight excluding hydrogens is 244 g/mol. The fourth-order valence-electron chi connectivity index (χ4n) is 3.20. The van der Waals surface area contributed by atoms with Gasteiger partial charge in [0.15, 0.2) is 5.92 Å². The molecule has 4 nitrogen and oxygen atoms in total. The number of rotatable bonds is 6. The molecule has 1 aliphatic carbocycles. The van der Waals surface area contributed by atoms with Gasteiger partial charge in [-0.15, -0.1) is 0 Å². The van der Waals surface area contributed by atoms with Crippen LogP contribution in [0.4, 0.5) is 0 Å². The summed E-state index contributed by atoms with van der Waals surface area (Å²) < 4.78 is 9.60. The van der Waals surface area contributed by atoms with E-state index in [0.29, 0.717) is 5.92 Å². The average molecular weight is 270 g/mol. The van der Waals surface area contributed by atoms with Crippen molar-refractivity contribution in [2.24, 2.45) is 17.8 Å². The summed E-state index contributed by atoms with van der Waals surface area (Å²) >= 11 is 0. The number of methoxy groups -OCH3 is 2. The molecule has 0 aromatic heterocycles. The first kappa shape index (κ1) is 16.0. The predicted octanol–water partition coefficient (Wildman–Crippen LogP) is 2.95. The third kappa shape index (κ3) is 4.22. The van der Waals surface area contributed by atoms with Crippen molar-refractivity contribution in [2.75, 3.05) is 14.2 Å². The monoisotopic (exact) mass is 270 g/mol. The van der Waals surface area contributed by atoms with Crippen molar-refractivity contribution >= 4 is 11.9 Å². The SMILES string of the molecule is CCCC[C@@H]1CCCC[C@H]1C(C(=O)OC)C(=O)OC. The minimum Gasteiger partial charge on any atom is -0.468 e. The molecule has 1 fully saturated rings. The maximum Gasteiger partial charge on any atom is 0.320 e. The summed E-state index contributed by atoms with van der Waals surface area (Å²) in [4.78, 5) is 23.8. The molecule has 0 amide bonds. The lowest BCUT2D eigenvalue weighted by molar-refractivity contribution is -0.163. The van der Waals surface area contributed by atoms with Gasteiger partial charge in [-0.25, -0.2) is 0 Å². The van der Waals surface area contributed by atoms with Crippen molar-refractivity contribution in [3.8, 4) is 0 Å². The van der Waals surface area contributed by atoms with Crippen molar-refractivity contribution in [1.82, 2.24) is 0 Å². The van der Waals surface area contributed by atoms with Gasteiger partial charge in [0.1, 0.15) is 0 Å². The Morgan fingerprint density at radius 2 is 1.68 bits per heavy atom. The second-order valence-electron chi connectivity index (χ2n) is 5.37. The lowest BCUT2D eigenvalue weighted by Gasteiger charge is -2.34. The van der Waals surface area contributed by atoms with E-state index in [4.69, 9.17) is 9.47 Å². The normalized spacial score (nSPS) is 23.2. The number of carbonyl (C=O) groups is 2. The van der Waals surface area contributed by atoms with E-state index in [-0.39, 0.29) is 5.92 Å². The zero-order valence-corrected chi connectivity index (χ0v) is 12.3. The molecule has 0 aromatic carbocycles. The van der Waals surface area contributed by atoms with Crippen molar-refractivity contribution in [2.45, 2.75) is 51.9 Å². The second-order valence-corrected chi connectivity index (χ2v) is 5.37. The Morgan fingerprint density at radius 1 is 1.11 bits per heavy atom. The van der Waals surface area contributed by atoms with Crippen LogP contribution < -0.4 is 0 Å². The van der Waals surface area contributed by atoms with Crippen LogP contribution >= 0.6 is 0 Å². The molecule has 0 heterocycles. The number of unbranched alkanes of at least 4 members (excludes halogenated alkanes) is 1. The second kappa shape index (κ2) is 8.18. The van der Waals surface area contributed by atoms with E-state index in [0.717, 1.165) is 38.5 Å². The Morgan fingerprint density at radius 3 is 2.21 bits per heavy atom. The molecule has 0 saturated heterocycles. The van der Waals surface area contributed by atoms with Gasteiger partial charge in [0.25, 0.3) is 0 Å². The highest BCUT2D eigenvalue weighted by Crippen LogP contribution is 2.39. The molecule has 0 radical (unpaired) electrons. The predicted molar refractivity (Wildman–Crippen MR) is 72.5 cm³/mol. The smallest absolute Gasteiger partial charge is 0.320 e. The van der Waals surface area contributed by atoms with Gasteiger partial charge in [-0.05, 0) is 18.3 Å². The van der Waals surface area contributed by atoms with Crippen LogP contribution in [-0.2, 0) is 19.1 Å². The van der Waals surface area contributed by atoms with Crippen LogP contribution in [0.5, 0.6) is 0 Å². The maximum absolute atomic E-state index is 11.9. The summed E-state index contributed by atoms with van der Waals surface area (Å²) in [6.45, 7) is 2.16. The van der Waals surface area contributed by atoms with Gasteiger partial charge >= 0.3 is 11.9 Å². The molecule has 0 bridgehead atoms. The number of hydrogen-bond donors (Lipinski definition) is 0. The highest BCUT2D eigenvalue weighted by molar-refractivity contribution is 5.95. The van der Waals surface area contributed by atoms with E-state index in [2.05, 4.69) is 6.92 Å². The summed E-state index contributed by atoms with van der Waals surface area (Å²) in [6, 6.07) is 0. The fraction of sp³-hybridized carbons (Fsp3) is 0.867. The molecule has 1 rings (SSSR count). The Bertz CT molecular complexity index is 285. The van der Waals surface area contributed by atoms with Gasteiger partial charge in [-0.2, -0.15) is 0 Å². The zero-order valence-electron chi connectivity index (χ0n) is 12.3. The van der Waals surface area contributed by atoms with Crippen LogP contribution in [0, 0.1) is 17.8 Å². The van der Waals surface area contributed by atoms with Crippen LogP contribution in [-0.4, -0.2) is 26.2 Å². The van der Waals surface area contributed by atoms with Crippen LogP contribution in [0.25, 0.3) is 0 Å². The van der Waals surface area contributed by atoms with Crippen LogP contribution in [0.2, 0.25) is 0 Å². The molecule has 4 heteroatoms. The Labute approximate surface area is 115 Å². The molecule has 1 saturated carbocycles. The maximum atomic E-state index is 11.9. The van der Waals surface area contributed by atoms with E-state index >= 15 is 0 Å². The summed E-state index contributed by atoms with van der Waals surface area (Å²) in [6.07, 6.45) is 7.68. The summed E-state index contributed by atoms with van der Waals surface area (Å²) in [5.41, 5.74) is 0. The first-order chi connectivity index (χ1) is 9.15. The highest BCUT2D eigenvalue weighted by Gasteiger charge is 2.41. The third-order valence-corrected chi connectivity index (χ3v) is 4.23. The lowest BCUT2D eigenvalue weighted by Crippen LogP contribution is -2.38. The molecule has 1 aliphatic rings. The molecule has 2 atom stereocenters. The molecule has 0 aromatic rings. The standard InChI is InChI=1S/C15H26O4/c1-4-5-8-11-9-6-7-10-12(11)13(14(16)18-2)15(17)19-3/h11-13H,4-10H2,1-3H3/t11-,12-/m1/s1. The van der Waals surface area contributed by atoms with Crippen LogP contribution in [0.3, 0.4) is 0 Å². The van der Waals surface area contributed by atoms with Crippen molar-refractivity contribution < 1.29 is 19.1 Å². The van der Waals surface area contributed by atoms with E-state index in [1.165, 1.54) is 20.6 Å². The first-order valence-electron chi connectivity index (χ1n) is 7.31. The number of carbonyl (C=O) groups excluding carboxylic acids is 2. The first-order valence-corrected chi connectivity index (χ1v) is 7.31. The summed E-state index contributed by atoms with van der Waals surface area (Å²) in [5, 5.41) is 0. The van der Waals surface area contributed by atoms with Crippen molar-refractivity contribution in [3.05, 3.63) is 0 Å². The topological polar surface area (TPSA) is 52.6 Å². The number of hydrogen-bond acceptors (Lipinski definition) is 4. The summed E-state index contributed by atoms with van der Waals surface area (Å²) in [5.74, 6) is -1.10. The van der Waals surface area contributed by atoms with Gasteiger partial charge in [0.2, 0.25) is 0 Å². The fourth-order valence-corrected chi connectivity index (χ4v) is 3.20. The molecular formula is C15H26O4. The zero-order chi connectivity index (χ0) is 14.3. The minimum absolute atomic E-state index is 0.0835. The molecule has 0 N–H and O–H groups in total. The highest BCUT2D eigenvalue weighted by atomic mass is 16.5. The van der Waals surface area contributed by atoms with Crippen LogP contribution in [0.1, 0.15) is 51.9 Å². The van der Waals surface area contributed by atoms with Crippen molar-refractivity contribution in [3.63, 3.8) is 0 Å². The van der Waals surface area contributed by atoms with Gasteiger partial charge < -0.3 is 9.47 Å². The quantitative estimate of drug-likeness (QED) is 0.550. The summed E-state index contributed by atoms with van der Waals surface area (Å²) in [7, 11) is 2.67. The Hall–Kier alpha value is -1.06. The number of esters is 2. The van der Waals surface area contributed by atoms with E-state index in [9.17, 15) is 9.59 Å². The molecule has 0 spiro atoms. The van der Waals surface area contributed by atoms with E-state index in [1.54, 1.807) is 0 Å². The molecule has 110 valence electrons. The van der Waals surface area contributed by atoms with Gasteiger partial charge in [-0.3, -0.25) is 9.59 Å². The molecule has 0 aliphatic heterocycles. The minimum atomic E-state index is -0.739. The van der Waals surface area contributed by atoms with Crippen LogP contribution in [0.15, 0.2) is 0 Å². The van der Waals surface area contributed by atoms with E-state index < -0.39 is 17.9 Å². The third-order valence-electron chi connectivity index (χ3n) is 4.23. The molecule has 19 heavy (non-hydrogen) atoms. The largest absolute Gasteiger partial charge is 0.468 e. The molecule has 0 unspecified atom stereocenters. The van der Waals surface area contributed by atoms with Gasteiger partial charge in [0, 0.05) is 0 Å². The van der Waals surface area contributed by atoms with Gasteiger partial charge in [0.05, 0.1) is 14.2 Å². The van der Waals surface area contributed by atoms with E-state index in [1.807, 2.05) is 0 Å². The van der Waals surface area contributed by atoms with Gasteiger partial charge in [-0.1, -0.05) is 45.4 Å². The Balaban J connectivity index is 2.83. The number of ether oxygens (including phenoxy) is 2. The van der Waals surface area contributed by atoms with Crippen molar-refractivity contribution in [1.29, 1.82) is 0 Å². The average Bonchev–Trinajstić information content (AvgIpc) is 2.45.